The average Bonchev–Trinajstić information content (AvgIpc) is 2.71. The highest BCUT2D eigenvalue weighted by Gasteiger charge is 2.29. The normalized spacial score (nSPS) is 15.1. The third-order valence-corrected chi connectivity index (χ3v) is 6.05. The van der Waals surface area contributed by atoms with Crippen molar-refractivity contribution < 1.29 is 32.2 Å². The van der Waals surface area contributed by atoms with E-state index in [-0.39, 0.29) is 35.8 Å². The zero-order chi connectivity index (χ0) is 20.6. The Hall–Kier alpha value is -2.17. The molecule has 9 nitrogen and oxygen atoms in total. The van der Waals surface area contributed by atoms with Crippen molar-refractivity contribution in [1.29, 1.82) is 0 Å². The fourth-order valence-corrected chi connectivity index (χ4v) is 4.21. The number of rotatable bonds is 9. The quantitative estimate of drug-likeness (QED) is 0.608. The van der Waals surface area contributed by atoms with Crippen molar-refractivity contribution in [3.63, 3.8) is 0 Å². The minimum atomic E-state index is -3.81. The number of carbonyl (C=O) groups excluding carboxylic acids is 2. The summed E-state index contributed by atoms with van der Waals surface area (Å²) < 4.78 is 42.5. The molecule has 0 saturated carbocycles. The van der Waals surface area contributed by atoms with Gasteiger partial charge in [-0.05, 0) is 24.6 Å². The largest absolute Gasteiger partial charge is 0.495 e. The van der Waals surface area contributed by atoms with Crippen LogP contribution in [0.4, 0.5) is 5.69 Å². The molecule has 0 spiro atoms. The molecular weight excluding hydrogens is 388 g/mol. The highest BCUT2D eigenvalue weighted by atomic mass is 32.2. The van der Waals surface area contributed by atoms with E-state index in [4.69, 9.17) is 14.2 Å². The van der Waals surface area contributed by atoms with Crippen LogP contribution >= 0.6 is 0 Å². The van der Waals surface area contributed by atoms with Gasteiger partial charge >= 0.3 is 5.97 Å². The van der Waals surface area contributed by atoms with Gasteiger partial charge in [-0.25, -0.2) is 8.42 Å². The van der Waals surface area contributed by atoms with Gasteiger partial charge in [0, 0.05) is 25.2 Å². The standard InChI is InChI=1S/C18H26N2O7S/c1-3-4-5-18(22)27-13-17(21)19-14-6-7-15(25-2)16(12-14)28(23,24)20-8-10-26-11-9-20/h6-7,12H,3-5,8-11,13H2,1-2H3,(H,19,21). The van der Waals surface area contributed by atoms with Crippen LogP contribution in [0.3, 0.4) is 0 Å². The first kappa shape index (κ1) is 22.1. The summed E-state index contributed by atoms with van der Waals surface area (Å²) in [4.78, 5) is 23.5. The van der Waals surface area contributed by atoms with Crippen LogP contribution in [0.25, 0.3) is 0 Å². The predicted molar refractivity (Wildman–Crippen MR) is 102 cm³/mol. The summed E-state index contributed by atoms with van der Waals surface area (Å²) in [6, 6.07) is 4.32. The average molecular weight is 414 g/mol. The van der Waals surface area contributed by atoms with Gasteiger partial charge in [0.15, 0.2) is 6.61 Å². The number of morpholine rings is 1. The molecule has 1 aromatic carbocycles. The number of nitrogens with one attached hydrogen (secondary N) is 1. The second-order valence-electron chi connectivity index (χ2n) is 6.19. The summed E-state index contributed by atoms with van der Waals surface area (Å²) in [7, 11) is -2.43. The van der Waals surface area contributed by atoms with Gasteiger partial charge in [-0.1, -0.05) is 13.3 Å². The summed E-state index contributed by atoms with van der Waals surface area (Å²) in [5, 5.41) is 2.54. The van der Waals surface area contributed by atoms with E-state index < -0.39 is 28.5 Å². The Morgan fingerprint density at radius 1 is 1.25 bits per heavy atom. The lowest BCUT2D eigenvalue weighted by Gasteiger charge is -2.26. The second-order valence-corrected chi connectivity index (χ2v) is 8.10. The van der Waals surface area contributed by atoms with E-state index in [0.717, 1.165) is 6.42 Å². The molecule has 0 aromatic heterocycles. The fraction of sp³-hybridized carbons (Fsp3) is 0.556. The molecule has 2 rings (SSSR count). The van der Waals surface area contributed by atoms with Gasteiger partial charge in [-0.2, -0.15) is 4.31 Å². The molecule has 28 heavy (non-hydrogen) atoms. The van der Waals surface area contributed by atoms with Crippen LogP contribution in [0.5, 0.6) is 5.75 Å². The lowest BCUT2D eigenvalue weighted by Crippen LogP contribution is -2.40. The number of ether oxygens (including phenoxy) is 3. The number of esters is 1. The first-order chi connectivity index (χ1) is 13.4. The number of benzene rings is 1. The number of hydrogen-bond donors (Lipinski definition) is 1. The molecule has 0 aliphatic carbocycles. The van der Waals surface area contributed by atoms with Crippen LogP contribution in [0.15, 0.2) is 23.1 Å². The van der Waals surface area contributed by atoms with Gasteiger partial charge < -0.3 is 19.5 Å². The summed E-state index contributed by atoms with van der Waals surface area (Å²) >= 11 is 0. The Morgan fingerprint density at radius 2 is 1.96 bits per heavy atom. The molecule has 0 atom stereocenters. The topological polar surface area (TPSA) is 111 Å². The molecule has 1 aromatic rings. The smallest absolute Gasteiger partial charge is 0.306 e. The molecule has 0 unspecified atom stereocenters. The van der Waals surface area contributed by atoms with E-state index in [1.807, 2.05) is 6.92 Å². The fourth-order valence-electron chi connectivity index (χ4n) is 2.62. The first-order valence-electron chi connectivity index (χ1n) is 9.10. The van der Waals surface area contributed by atoms with Gasteiger partial charge in [0.05, 0.1) is 20.3 Å². The molecule has 1 amide bonds. The minimum Gasteiger partial charge on any atom is -0.495 e. The molecule has 1 aliphatic heterocycles. The summed E-state index contributed by atoms with van der Waals surface area (Å²) in [5.41, 5.74) is 0.266. The number of nitrogens with zero attached hydrogens (tertiary/aromatic N) is 1. The summed E-state index contributed by atoms with van der Waals surface area (Å²) in [6.07, 6.45) is 1.81. The number of unbranched alkanes of at least 4 members (excludes halogenated alkanes) is 1. The van der Waals surface area contributed by atoms with Gasteiger partial charge in [0.2, 0.25) is 10.0 Å². The predicted octanol–water partition coefficient (Wildman–Crippen LogP) is 1.39. The number of hydrogen-bond acceptors (Lipinski definition) is 7. The van der Waals surface area contributed by atoms with E-state index >= 15 is 0 Å². The maximum atomic E-state index is 12.9. The Kier molecular flexibility index (Phi) is 8.21. The Bertz CT molecular complexity index is 789. The van der Waals surface area contributed by atoms with Crippen molar-refractivity contribution in [2.45, 2.75) is 31.1 Å². The SMILES string of the molecule is CCCCC(=O)OCC(=O)Nc1ccc(OC)c(S(=O)(=O)N2CCOCC2)c1. The van der Waals surface area contributed by atoms with Gasteiger partial charge in [-0.15, -0.1) is 0 Å². The van der Waals surface area contributed by atoms with Crippen molar-refractivity contribution in [3.05, 3.63) is 18.2 Å². The summed E-state index contributed by atoms with van der Waals surface area (Å²) in [6.45, 7) is 2.65. The number of carbonyl (C=O) groups is 2. The third kappa shape index (κ3) is 5.91. The molecule has 1 fully saturated rings. The minimum absolute atomic E-state index is 0.0466. The van der Waals surface area contributed by atoms with Crippen LogP contribution in [0.1, 0.15) is 26.2 Å². The zero-order valence-corrected chi connectivity index (χ0v) is 16.9. The van der Waals surface area contributed by atoms with Crippen molar-refractivity contribution in [2.75, 3.05) is 45.3 Å². The summed E-state index contributed by atoms with van der Waals surface area (Å²) in [5.74, 6) is -0.817. The van der Waals surface area contributed by atoms with Crippen LogP contribution in [0.2, 0.25) is 0 Å². The van der Waals surface area contributed by atoms with Crippen molar-refractivity contribution >= 4 is 27.6 Å². The highest BCUT2D eigenvalue weighted by molar-refractivity contribution is 7.89. The Labute approximate surface area is 165 Å². The third-order valence-electron chi connectivity index (χ3n) is 4.13. The first-order valence-corrected chi connectivity index (χ1v) is 10.5. The number of sulfonamides is 1. The molecule has 10 heteroatoms. The second kappa shape index (κ2) is 10.4. The monoisotopic (exact) mass is 414 g/mol. The van der Waals surface area contributed by atoms with Crippen molar-refractivity contribution in [1.82, 2.24) is 4.31 Å². The lowest BCUT2D eigenvalue weighted by molar-refractivity contribution is -0.147. The maximum Gasteiger partial charge on any atom is 0.306 e. The van der Waals surface area contributed by atoms with Gasteiger partial charge in [0.25, 0.3) is 5.91 Å². The lowest BCUT2D eigenvalue weighted by atomic mass is 10.2. The molecule has 1 aliphatic rings. The molecule has 0 radical (unpaired) electrons. The van der Waals surface area contributed by atoms with Crippen molar-refractivity contribution in [2.24, 2.45) is 0 Å². The van der Waals surface area contributed by atoms with Crippen LogP contribution in [0, 0.1) is 0 Å². The Morgan fingerprint density at radius 3 is 2.61 bits per heavy atom. The van der Waals surface area contributed by atoms with E-state index in [9.17, 15) is 18.0 Å². The molecule has 1 heterocycles. The van der Waals surface area contributed by atoms with E-state index in [0.29, 0.717) is 19.6 Å². The number of amides is 1. The molecule has 156 valence electrons. The van der Waals surface area contributed by atoms with E-state index in [1.165, 1.54) is 29.6 Å². The zero-order valence-electron chi connectivity index (χ0n) is 16.1. The van der Waals surface area contributed by atoms with E-state index in [2.05, 4.69) is 5.32 Å². The van der Waals surface area contributed by atoms with Crippen LogP contribution in [-0.2, 0) is 29.1 Å². The number of anilines is 1. The molecule has 1 saturated heterocycles. The molecular formula is C18H26N2O7S. The van der Waals surface area contributed by atoms with Crippen LogP contribution in [-0.4, -0.2) is 64.6 Å². The van der Waals surface area contributed by atoms with Crippen molar-refractivity contribution in [3.8, 4) is 5.75 Å². The van der Waals surface area contributed by atoms with E-state index in [1.54, 1.807) is 0 Å². The van der Waals surface area contributed by atoms with Gasteiger partial charge in [-0.3, -0.25) is 9.59 Å². The maximum absolute atomic E-state index is 12.9. The highest BCUT2D eigenvalue weighted by Crippen LogP contribution is 2.30. The van der Waals surface area contributed by atoms with Gasteiger partial charge in [0.1, 0.15) is 10.6 Å². The van der Waals surface area contributed by atoms with Crippen LogP contribution < -0.4 is 10.1 Å². The Balaban J connectivity index is 2.09. The molecule has 0 bridgehead atoms. The molecule has 1 N–H and O–H groups in total. The number of methoxy groups -OCH3 is 1.